The molecule has 0 spiro atoms. The maximum absolute atomic E-state index is 12.1. The molecule has 1 aromatic heterocycles. The van der Waals surface area contributed by atoms with Gasteiger partial charge in [-0.1, -0.05) is 12.1 Å². The Morgan fingerprint density at radius 1 is 0.912 bits per heavy atom. The molecule has 0 aliphatic carbocycles. The predicted octanol–water partition coefficient (Wildman–Crippen LogP) is 7.03. The Labute approximate surface area is 239 Å². The number of rotatable bonds is 4. The number of alkyl halides is 4. The minimum absolute atomic E-state index is 0. The molecule has 0 unspecified atom stereocenters. The average molecular weight is 744 g/mol. The van der Waals surface area contributed by atoms with Crippen LogP contribution in [0.3, 0.4) is 0 Å². The molecule has 0 fully saturated rings. The van der Waals surface area contributed by atoms with Crippen molar-refractivity contribution in [2.45, 2.75) is 6.92 Å². The van der Waals surface area contributed by atoms with E-state index in [1.54, 1.807) is 31.6 Å². The molecule has 0 aliphatic rings. The summed E-state index contributed by atoms with van der Waals surface area (Å²) in [5, 5.41) is 0.389. The Morgan fingerprint density at radius 2 is 1.29 bits per heavy atom. The number of ether oxygens (including phenoxy) is 1. The summed E-state index contributed by atoms with van der Waals surface area (Å²) in [6.45, 7) is 2.12. The number of carbonyl (C=O) groups excluding carboxylic acids is 1. The molecule has 0 saturated heterocycles. The molecular weight excluding hydrogens is 719 g/mol. The first-order valence-corrected chi connectivity index (χ1v) is 13.6. The van der Waals surface area contributed by atoms with Gasteiger partial charge in [-0.05, 0) is 18.3 Å². The molecule has 0 saturated carbocycles. The topological polar surface area (TPSA) is 56.3 Å². The van der Waals surface area contributed by atoms with Crippen molar-refractivity contribution in [1.29, 1.82) is 0 Å². The number of halogens is 4. The van der Waals surface area contributed by atoms with E-state index in [1.165, 1.54) is 0 Å². The standard InChI is InChI=1S/C20H15NO2.C2H6OS.2CH2Cl2.Pt/c1-2-23-20(22)17-13-18(15-9-5-3-6-10-15)21-19(14-17)16-11-7-4-8-12-16;1-4(2)3;2*2-1-3;/h3-9,11,13-14H,2H2,1H3;1-2H3;2*1H2;/q-2;;;;+2. The van der Waals surface area contributed by atoms with Crippen molar-refractivity contribution in [3.63, 3.8) is 0 Å². The van der Waals surface area contributed by atoms with Gasteiger partial charge in [-0.25, -0.2) is 4.79 Å². The molecular formula is C24H25Cl4NO3PtS. The second kappa shape index (κ2) is 22.5. The summed E-state index contributed by atoms with van der Waals surface area (Å²) in [5.41, 5.74) is 3.50. The Hall–Kier alpha value is -0.942. The third kappa shape index (κ3) is 15.9. The largest absolute Gasteiger partial charge is 2.00 e. The fraction of sp³-hybridized carbons (Fsp3) is 0.250. The van der Waals surface area contributed by atoms with Gasteiger partial charge in [0.1, 0.15) is 0 Å². The number of esters is 1. The van der Waals surface area contributed by atoms with Crippen LogP contribution < -0.4 is 0 Å². The first-order chi connectivity index (χ1) is 15.8. The van der Waals surface area contributed by atoms with Crippen LogP contribution in [0.1, 0.15) is 17.3 Å². The third-order valence-corrected chi connectivity index (χ3v) is 3.31. The maximum Gasteiger partial charge on any atom is 2.00 e. The van der Waals surface area contributed by atoms with Crippen LogP contribution in [-0.2, 0) is 36.6 Å². The number of hydrogen-bond donors (Lipinski definition) is 0. The second-order valence-electron chi connectivity index (χ2n) is 5.84. The van der Waals surface area contributed by atoms with Crippen molar-refractivity contribution in [2.24, 2.45) is 0 Å². The van der Waals surface area contributed by atoms with Gasteiger partial charge >= 0.3 is 27.0 Å². The number of aromatic nitrogens is 1. The number of pyridine rings is 1. The summed E-state index contributed by atoms with van der Waals surface area (Å²) in [7, 11) is -0.611. The molecule has 10 heteroatoms. The van der Waals surface area contributed by atoms with E-state index in [4.69, 9.17) is 51.1 Å². The van der Waals surface area contributed by atoms with Gasteiger partial charge in [0, 0.05) is 28.9 Å². The van der Waals surface area contributed by atoms with E-state index in [9.17, 15) is 9.00 Å². The molecule has 4 nitrogen and oxygen atoms in total. The molecule has 0 amide bonds. The van der Waals surface area contributed by atoms with Gasteiger partial charge in [-0.2, -0.15) is 0 Å². The molecule has 0 atom stereocenters. The SMILES string of the molecule is CCOC(=O)c1cc(-c2[c-]cccc2)nc(-c2[c-]cccc2)c1.CS(C)=O.ClCCl.ClCCl.[Pt+2]. The number of hydrogen-bond acceptors (Lipinski definition) is 4. The summed E-state index contributed by atoms with van der Waals surface area (Å²) in [6.07, 6.45) is 3.28. The zero-order valence-electron chi connectivity index (χ0n) is 18.8. The summed E-state index contributed by atoms with van der Waals surface area (Å²) in [6, 6.07) is 24.8. The van der Waals surface area contributed by atoms with E-state index < -0.39 is 10.8 Å². The van der Waals surface area contributed by atoms with E-state index in [2.05, 4.69) is 17.1 Å². The van der Waals surface area contributed by atoms with Gasteiger partial charge in [0.25, 0.3) is 0 Å². The van der Waals surface area contributed by atoms with E-state index in [-0.39, 0.29) is 37.7 Å². The van der Waals surface area contributed by atoms with Crippen LogP contribution in [0.2, 0.25) is 0 Å². The second-order valence-corrected chi connectivity index (χ2v) is 8.94. The Morgan fingerprint density at radius 3 is 1.59 bits per heavy atom. The van der Waals surface area contributed by atoms with Crippen LogP contribution in [0.5, 0.6) is 0 Å². The summed E-state index contributed by atoms with van der Waals surface area (Å²) >= 11 is 19.1. The zero-order valence-corrected chi connectivity index (χ0v) is 24.9. The monoisotopic (exact) mass is 742 g/mol. The molecule has 188 valence electrons. The first kappa shape index (κ1) is 35.2. The van der Waals surface area contributed by atoms with Crippen molar-refractivity contribution in [3.8, 4) is 22.5 Å². The van der Waals surface area contributed by atoms with Crippen LogP contribution in [0.4, 0.5) is 0 Å². The van der Waals surface area contributed by atoms with Crippen molar-refractivity contribution >= 4 is 63.2 Å². The average Bonchev–Trinajstić information content (AvgIpc) is 2.81. The Balaban J connectivity index is 0. The quantitative estimate of drug-likeness (QED) is 0.164. The van der Waals surface area contributed by atoms with Crippen molar-refractivity contribution in [2.75, 3.05) is 29.8 Å². The van der Waals surface area contributed by atoms with Crippen LogP contribution in [0.25, 0.3) is 22.5 Å². The maximum atomic E-state index is 12.1. The van der Waals surface area contributed by atoms with Crippen molar-refractivity contribution in [3.05, 3.63) is 78.4 Å². The Kier molecular flexibility index (Phi) is 23.3. The fourth-order valence-corrected chi connectivity index (χ4v) is 2.24. The Bertz CT molecular complexity index is 888. The molecule has 0 N–H and O–H groups in total. The van der Waals surface area contributed by atoms with Crippen LogP contribution in [-0.4, -0.2) is 45.0 Å². The van der Waals surface area contributed by atoms with Gasteiger partial charge in [0.15, 0.2) is 0 Å². The molecule has 3 rings (SSSR count). The summed E-state index contributed by atoms with van der Waals surface area (Å²) in [4.78, 5) is 16.8. The molecule has 34 heavy (non-hydrogen) atoms. The van der Waals surface area contributed by atoms with Crippen molar-refractivity contribution in [1.82, 2.24) is 4.98 Å². The first-order valence-electron chi connectivity index (χ1n) is 9.46. The molecule has 3 aromatic rings. The van der Waals surface area contributed by atoms with E-state index in [0.717, 1.165) is 11.1 Å². The van der Waals surface area contributed by atoms with Crippen LogP contribution in [0, 0.1) is 12.1 Å². The van der Waals surface area contributed by atoms with E-state index >= 15 is 0 Å². The molecule has 1 heterocycles. The molecule has 0 aliphatic heterocycles. The summed E-state index contributed by atoms with van der Waals surface area (Å²) < 4.78 is 14.7. The van der Waals surface area contributed by atoms with Gasteiger partial charge in [0.05, 0.1) is 17.3 Å². The molecule has 2 aromatic carbocycles. The van der Waals surface area contributed by atoms with Gasteiger partial charge in [0.2, 0.25) is 0 Å². The van der Waals surface area contributed by atoms with E-state index in [1.807, 2.05) is 48.5 Å². The zero-order chi connectivity index (χ0) is 25.1. The van der Waals surface area contributed by atoms with Crippen LogP contribution in [0.15, 0.2) is 60.7 Å². The van der Waals surface area contributed by atoms with Crippen molar-refractivity contribution < 1.29 is 34.8 Å². The van der Waals surface area contributed by atoms with Crippen LogP contribution >= 0.6 is 46.4 Å². The third-order valence-electron chi connectivity index (χ3n) is 3.31. The minimum atomic E-state index is -0.611. The number of benzene rings is 2. The van der Waals surface area contributed by atoms with Gasteiger partial charge in [-0.15, -0.1) is 118 Å². The molecule has 0 bridgehead atoms. The van der Waals surface area contributed by atoms with E-state index in [0.29, 0.717) is 23.6 Å². The number of carbonyl (C=O) groups is 1. The molecule has 0 radical (unpaired) electrons. The fourth-order valence-electron chi connectivity index (χ4n) is 2.24. The van der Waals surface area contributed by atoms with Gasteiger partial charge < -0.3 is 9.72 Å². The van der Waals surface area contributed by atoms with Gasteiger partial charge in [-0.3, -0.25) is 4.21 Å². The minimum Gasteiger partial charge on any atom is -0.462 e. The smallest absolute Gasteiger partial charge is 0.462 e. The number of nitrogens with zero attached hydrogens (tertiary/aromatic N) is 1. The summed E-state index contributed by atoms with van der Waals surface area (Å²) in [5.74, 6) is -0.357. The predicted molar refractivity (Wildman–Crippen MR) is 142 cm³/mol. The normalized spacial score (nSPS) is 9.06.